The fourth-order valence-electron chi connectivity index (χ4n) is 2.64. The van der Waals surface area contributed by atoms with Crippen LogP contribution in [0.4, 0.5) is 0 Å². The molecule has 1 heterocycles. The zero-order valence-electron chi connectivity index (χ0n) is 16.8. The Morgan fingerprint density at radius 1 is 1.03 bits per heavy atom. The normalized spacial score (nSPS) is 13.4. The maximum atomic E-state index is 12.1. The van der Waals surface area contributed by atoms with E-state index in [1.807, 2.05) is 13.0 Å². The summed E-state index contributed by atoms with van der Waals surface area (Å²) in [5.74, 6) is 1.59. The largest absolute Gasteiger partial charge is 0.494 e. The van der Waals surface area contributed by atoms with Crippen LogP contribution in [-0.2, 0) is 9.59 Å². The molecule has 8 heteroatoms. The van der Waals surface area contributed by atoms with Gasteiger partial charge in [-0.2, -0.15) is 0 Å². The second-order valence-corrected chi connectivity index (χ2v) is 6.38. The predicted octanol–water partition coefficient (Wildman–Crippen LogP) is 2.48. The molecule has 0 fully saturated rings. The number of ether oxygens (including phenoxy) is 4. The van der Waals surface area contributed by atoms with Crippen LogP contribution in [0.15, 0.2) is 48.5 Å². The average Bonchev–Trinajstić information content (AvgIpc) is 2.77. The minimum absolute atomic E-state index is 0.480. The van der Waals surface area contributed by atoms with Gasteiger partial charge in [0.1, 0.15) is 24.7 Å². The molecule has 2 aromatic rings. The van der Waals surface area contributed by atoms with Crippen LogP contribution in [-0.4, -0.2) is 37.7 Å². The van der Waals surface area contributed by atoms with Crippen LogP contribution in [0.5, 0.6) is 23.0 Å². The van der Waals surface area contributed by atoms with Crippen molar-refractivity contribution in [1.82, 2.24) is 10.9 Å². The lowest BCUT2D eigenvalue weighted by molar-refractivity contribution is -0.131. The highest BCUT2D eigenvalue weighted by Crippen LogP contribution is 2.31. The Bertz CT molecular complexity index is 910. The maximum Gasteiger partial charge on any atom is 0.279 e. The number of nitrogens with one attached hydrogen (secondary N) is 2. The summed E-state index contributed by atoms with van der Waals surface area (Å²) >= 11 is 0. The Balaban J connectivity index is 1.45. The van der Waals surface area contributed by atoms with E-state index >= 15 is 0 Å². The van der Waals surface area contributed by atoms with Crippen LogP contribution < -0.4 is 29.8 Å². The van der Waals surface area contributed by atoms with Gasteiger partial charge in [0.2, 0.25) is 0 Å². The molecule has 1 aliphatic rings. The summed E-state index contributed by atoms with van der Waals surface area (Å²) in [6.07, 6.45) is 2.12. The number of benzene rings is 2. The third-order valence-electron chi connectivity index (χ3n) is 4.12. The van der Waals surface area contributed by atoms with Gasteiger partial charge in [0.25, 0.3) is 11.8 Å². The first-order valence-electron chi connectivity index (χ1n) is 9.62. The van der Waals surface area contributed by atoms with Gasteiger partial charge in [0.15, 0.2) is 17.6 Å². The average molecular weight is 412 g/mol. The maximum absolute atomic E-state index is 12.1. The number of hydrazine groups is 1. The topological polar surface area (TPSA) is 95.1 Å². The van der Waals surface area contributed by atoms with Crippen molar-refractivity contribution in [3.05, 3.63) is 54.1 Å². The molecular formula is C22H24N2O6. The van der Waals surface area contributed by atoms with Gasteiger partial charge in [-0.15, -0.1) is 0 Å². The summed E-state index contributed by atoms with van der Waals surface area (Å²) in [5.41, 5.74) is 5.43. The van der Waals surface area contributed by atoms with E-state index in [0.29, 0.717) is 37.1 Å². The molecule has 0 aliphatic carbocycles. The van der Waals surface area contributed by atoms with Crippen LogP contribution in [0, 0.1) is 0 Å². The Kier molecular flexibility index (Phi) is 7.15. The van der Waals surface area contributed by atoms with E-state index in [-0.39, 0.29) is 0 Å². The standard InChI is InChI=1S/C22H24N2O6/c1-3-27-17-6-8-18(9-7-17)30-15(2)22(26)24-23-21(25)11-5-16-4-10-19-20(14-16)29-13-12-28-19/h4-11,14-15H,3,12-13H2,1-2H3,(H,23,25)(H,24,26)/b11-5+/t15-/m1/s1. The Labute approximate surface area is 174 Å². The molecule has 0 aromatic heterocycles. The third kappa shape index (κ3) is 5.91. The smallest absolute Gasteiger partial charge is 0.279 e. The fraction of sp³-hybridized carbons (Fsp3) is 0.273. The minimum Gasteiger partial charge on any atom is -0.494 e. The van der Waals surface area contributed by atoms with Crippen molar-refractivity contribution >= 4 is 17.9 Å². The van der Waals surface area contributed by atoms with E-state index in [0.717, 1.165) is 11.3 Å². The van der Waals surface area contributed by atoms with E-state index < -0.39 is 17.9 Å². The second-order valence-electron chi connectivity index (χ2n) is 6.38. The van der Waals surface area contributed by atoms with Crippen LogP contribution >= 0.6 is 0 Å². The number of fused-ring (bicyclic) bond motifs is 1. The quantitative estimate of drug-likeness (QED) is 0.536. The van der Waals surface area contributed by atoms with Crippen molar-refractivity contribution in [3.63, 3.8) is 0 Å². The van der Waals surface area contributed by atoms with Gasteiger partial charge in [-0.1, -0.05) is 6.07 Å². The van der Waals surface area contributed by atoms with Crippen molar-refractivity contribution in [2.24, 2.45) is 0 Å². The molecule has 0 unspecified atom stereocenters. The molecule has 30 heavy (non-hydrogen) atoms. The van der Waals surface area contributed by atoms with E-state index in [4.69, 9.17) is 18.9 Å². The highest BCUT2D eigenvalue weighted by atomic mass is 16.6. The predicted molar refractivity (Wildman–Crippen MR) is 110 cm³/mol. The molecule has 2 N–H and O–H groups in total. The zero-order chi connectivity index (χ0) is 21.3. The fourth-order valence-corrected chi connectivity index (χ4v) is 2.64. The molecule has 2 amide bonds. The molecule has 0 bridgehead atoms. The SMILES string of the molecule is CCOc1ccc(O[C@H](C)C(=O)NNC(=O)/C=C/c2ccc3c(c2)OCCO3)cc1. The number of amides is 2. The van der Waals surface area contributed by atoms with Crippen molar-refractivity contribution in [2.45, 2.75) is 20.0 Å². The summed E-state index contributed by atoms with van der Waals surface area (Å²) < 4.78 is 21.9. The first-order valence-corrected chi connectivity index (χ1v) is 9.62. The number of rotatable bonds is 7. The molecule has 1 aliphatic heterocycles. The summed E-state index contributed by atoms with van der Waals surface area (Å²) in [6.45, 7) is 5.07. The first kappa shape index (κ1) is 21.0. The Hall–Kier alpha value is -3.68. The molecule has 0 spiro atoms. The molecule has 3 rings (SSSR count). The van der Waals surface area contributed by atoms with Gasteiger partial charge in [0.05, 0.1) is 6.61 Å². The number of carbonyl (C=O) groups excluding carboxylic acids is 2. The van der Waals surface area contributed by atoms with Gasteiger partial charge in [0, 0.05) is 6.08 Å². The van der Waals surface area contributed by atoms with E-state index in [9.17, 15) is 9.59 Å². The molecule has 8 nitrogen and oxygen atoms in total. The van der Waals surface area contributed by atoms with Crippen LogP contribution in [0.3, 0.4) is 0 Å². The van der Waals surface area contributed by atoms with E-state index in [2.05, 4.69) is 10.9 Å². The van der Waals surface area contributed by atoms with Crippen molar-refractivity contribution < 1.29 is 28.5 Å². The molecule has 158 valence electrons. The van der Waals surface area contributed by atoms with E-state index in [1.165, 1.54) is 6.08 Å². The van der Waals surface area contributed by atoms with Crippen molar-refractivity contribution in [1.29, 1.82) is 0 Å². The van der Waals surface area contributed by atoms with Crippen molar-refractivity contribution in [2.75, 3.05) is 19.8 Å². The van der Waals surface area contributed by atoms with Crippen molar-refractivity contribution in [3.8, 4) is 23.0 Å². The van der Waals surface area contributed by atoms with Gasteiger partial charge in [-0.25, -0.2) is 0 Å². The summed E-state index contributed by atoms with van der Waals surface area (Å²) in [6, 6.07) is 12.3. The lowest BCUT2D eigenvalue weighted by atomic mass is 10.2. The second kappa shape index (κ2) is 10.2. The molecule has 0 saturated heterocycles. The van der Waals surface area contributed by atoms with E-state index in [1.54, 1.807) is 49.4 Å². The molecular weight excluding hydrogens is 388 g/mol. The van der Waals surface area contributed by atoms with Crippen LogP contribution in [0.2, 0.25) is 0 Å². The number of hydrogen-bond donors (Lipinski definition) is 2. The monoisotopic (exact) mass is 412 g/mol. The van der Waals surface area contributed by atoms with Crippen LogP contribution in [0.25, 0.3) is 6.08 Å². The summed E-state index contributed by atoms with van der Waals surface area (Å²) in [4.78, 5) is 24.1. The summed E-state index contributed by atoms with van der Waals surface area (Å²) in [5, 5.41) is 0. The first-order chi connectivity index (χ1) is 14.5. The third-order valence-corrected chi connectivity index (χ3v) is 4.12. The number of hydrogen-bond acceptors (Lipinski definition) is 6. The molecule has 0 saturated carbocycles. The van der Waals surface area contributed by atoms with Gasteiger partial charge in [-0.05, 0) is 61.9 Å². The summed E-state index contributed by atoms with van der Waals surface area (Å²) in [7, 11) is 0. The lowest BCUT2D eigenvalue weighted by Crippen LogP contribution is -2.46. The Morgan fingerprint density at radius 3 is 2.47 bits per heavy atom. The van der Waals surface area contributed by atoms with Gasteiger partial charge >= 0.3 is 0 Å². The highest BCUT2D eigenvalue weighted by Gasteiger charge is 2.15. The lowest BCUT2D eigenvalue weighted by Gasteiger charge is -2.18. The highest BCUT2D eigenvalue weighted by molar-refractivity contribution is 5.93. The van der Waals surface area contributed by atoms with Gasteiger partial charge < -0.3 is 18.9 Å². The molecule has 2 aromatic carbocycles. The Morgan fingerprint density at radius 2 is 1.73 bits per heavy atom. The van der Waals surface area contributed by atoms with Gasteiger partial charge in [-0.3, -0.25) is 20.4 Å². The molecule has 0 radical (unpaired) electrons. The van der Waals surface area contributed by atoms with Crippen LogP contribution in [0.1, 0.15) is 19.4 Å². The minimum atomic E-state index is -0.801. The zero-order valence-corrected chi connectivity index (χ0v) is 16.8. The number of carbonyl (C=O) groups is 2. The molecule has 1 atom stereocenters.